The summed E-state index contributed by atoms with van der Waals surface area (Å²) in [5, 5.41) is 3.78. The molecule has 1 fully saturated rings. The Kier molecular flexibility index (Phi) is 8.22. The number of nitrogens with zero attached hydrogens (tertiary/aromatic N) is 1. The van der Waals surface area contributed by atoms with Crippen molar-refractivity contribution in [3.05, 3.63) is 0 Å². The van der Waals surface area contributed by atoms with Crippen molar-refractivity contribution >= 4 is 0 Å². The zero-order valence-corrected chi connectivity index (χ0v) is 15.2. The molecule has 0 spiro atoms. The predicted octanol–water partition coefficient (Wildman–Crippen LogP) is 3.40. The standard InChI is InChI=1S/C18H38N2O/c1-7-19-17-16(9-8-10-18(17,4)5)14-20(11-12-21-6)13-15(2)3/h15-17,19H,7-14H2,1-6H3. The molecule has 3 nitrogen and oxygen atoms in total. The summed E-state index contributed by atoms with van der Waals surface area (Å²) in [4.78, 5) is 2.62. The molecular formula is C18H38N2O. The van der Waals surface area contributed by atoms with Gasteiger partial charge in [-0.25, -0.2) is 0 Å². The number of methoxy groups -OCH3 is 1. The molecular weight excluding hydrogens is 260 g/mol. The summed E-state index contributed by atoms with van der Waals surface area (Å²) in [6.45, 7) is 17.1. The lowest BCUT2D eigenvalue weighted by Gasteiger charge is -2.46. The average Bonchev–Trinajstić information content (AvgIpc) is 2.39. The monoisotopic (exact) mass is 298 g/mol. The quantitative estimate of drug-likeness (QED) is 0.706. The molecule has 126 valence electrons. The van der Waals surface area contributed by atoms with Crippen molar-refractivity contribution < 1.29 is 4.74 Å². The molecule has 1 N–H and O–H groups in total. The van der Waals surface area contributed by atoms with Crippen LogP contribution in [0, 0.1) is 17.3 Å². The van der Waals surface area contributed by atoms with E-state index in [-0.39, 0.29) is 0 Å². The third kappa shape index (κ3) is 6.25. The Morgan fingerprint density at radius 2 is 2.05 bits per heavy atom. The summed E-state index contributed by atoms with van der Waals surface area (Å²) < 4.78 is 5.30. The smallest absolute Gasteiger partial charge is 0.0589 e. The maximum absolute atomic E-state index is 5.30. The van der Waals surface area contributed by atoms with E-state index in [1.165, 1.54) is 32.4 Å². The average molecular weight is 299 g/mol. The first-order valence-electron chi connectivity index (χ1n) is 8.85. The first-order chi connectivity index (χ1) is 9.90. The molecule has 0 radical (unpaired) electrons. The van der Waals surface area contributed by atoms with Gasteiger partial charge in [0.05, 0.1) is 6.61 Å². The SMILES string of the molecule is CCNC1C(CN(CCOC)CC(C)C)CCCC1(C)C. The van der Waals surface area contributed by atoms with Crippen molar-refractivity contribution in [2.45, 2.75) is 59.9 Å². The topological polar surface area (TPSA) is 24.5 Å². The van der Waals surface area contributed by atoms with Crippen LogP contribution in [0.2, 0.25) is 0 Å². The van der Waals surface area contributed by atoms with Gasteiger partial charge in [0.15, 0.2) is 0 Å². The van der Waals surface area contributed by atoms with Crippen LogP contribution in [0.4, 0.5) is 0 Å². The molecule has 1 rings (SSSR count). The van der Waals surface area contributed by atoms with Gasteiger partial charge in [-0.3, -0.25) is 0 Å². The summed E-state index contributed by atoms with van der Waals surface area (Å²) in [5.74, 6) is 1.49. The fourth-order valence-electron chi connectivity index (χ4n) is 3.97. The number of nitrogens with one attached hydrogen (secondary N) is 1. The van der Waals surface area contributed by atoms with Crippen LogP contribution in [0.1, 0.15) is 53.9 Å². The number of ether oxygens (including phenoxy) is 1. The Morgan fingerprint density at radius 1 is 1.33 bits per heavy atom. The van der Waals surface area contributed by atoms with Crippen molar-refractivity contribution in [2.24, 2.45) is 17.3 Å². The molecule has 0 amide bonds. The molecule has 1 saturated carbocycles. The van der Waals surface area contributed by atoms with Crippen LogP contribution in [0.25, 0.3) is 0 Å². The second kappa shape index (κ2) is 9.12. The van der Waals surface area contributed by atoms with E-state index >= 15 is 0 Å². The van der Waals surface area contributed by atoms with Crippen molar-refractivity contribution in [3.8, 4) is 0 Å². The molecule has 0 bridgehead atoms. The Morgan fingerprint density at radius 3 is 2.62 bits per heavy atom. The van der Waals surface area contributed by atoms with Crippen molar-refractivity contribution in [1.29, 1.82) is 0 Å². The van der Waals surface area contributed by atoms with E-state index < -0.39 is 0 Å². The highest BCUT2D eigenvalue weighted by Crippen LogP contribution is 2.39. The summed E-state index contributed by atoms with van der Waals surface area (Å²) in [7, 11) is 1.80. The second-order valence-corrected chi connectivity index (χ2v) is 7.82. The highest BCUT2D eigenvalue weighted by atomic mass is 16.5. The highest BCUT2D eigenvalue weighted by Gasteiger charge is 2.38. The van der Waals surface area contributed by atoms with Crippen LogP contribution in [0.5, 0.6) is 0 Å². The van der Waals surface area contributed by atoms with Gasteiger partial charge in [0.1, 0.15) is 0 Å². The summed E-state index contributed by atoms with van der Waals surface area (Å²) >= 11 is 0. The lowest BCUT2D eigenvalue weighted by atomic mass is 9.67. The molecule has 1 aliphatic rings. The molecule has 3 heteroatoms. The Labute approximate surface area is 132 Å². The van der Waals surface area contributed by atoms with Gasteiger partial charge in [-0.05, 0) is 36.6 Å². The van der Waals surface area contributed by atoms with E-state index in [9.17, 15) is 0 Å². The van der Waals surface area contributed by atoms with Gasteiger partial charge >= 0.3 is 0 Å². The zero-order valence-electron chi connectivity index (χ0n) is 15.2. The van der Waals surface area contributed by atoms with E-state index in [0.29, 0.717) is 11.5 Å². The number of rotatable bonds is 9. The molecule has 1 aliphatic carbocycles. The minimum Gasteiger partial charge on any atom is -0.383 e. The lowest BCUT2D eigenvalue weighted by molar-refractivity contribution is 0.0647. The second-order valence-electron chi connectivity index (χ2n) is 7.82. The van der Waals surface area contributed by atoms with Crippen LogP contribution in [0.15, 0.2) is 0 Å². The predicted molar refractivity (Wildman–Crippen MR) is 91.7 cm³/mol. The molecule has 21 heavy (non-hydrogen) atoms. The Hall–Kier alpha value is -0.120. The van der Waals surface area contributed by atoms with Gasteiger partial charge in [-0.15, -0.1) is 0 Å². The van der Waals surface area contributed by atoms with Crippen molar-refractivity contribution in [1.82, 2.24) is 10.2 Å². The lowest BCUT2D eigenvalue weighted by Crippen LogP contribution is -2.53. The van der Waals surface area contributed by atoms with Gasteiger partial charge in [0.25, 0.3) is 0 Å². The summed E-state index contributed by atoms with van der Waals surface area (Å²) in [5.41, 5.74) is 0.420. The first-order valence-corrected chi connectivity index (χ1v) is 8.85. The third-order valence-electron chi connectivity index (χ3n) is 4.86. The number of hydrogen-bond acceptors (Lipinski definition) is 3. The molecule has 2 unspecified atom stereocenters. The molecule has 2 atom stereocenters. The largest absolute Gasteiger partial charge is 0.383 e. The number of hydrogen-bond donors (Lipinski definition) is 1. The van der Waals surface area contributed by atoms with Gasteiger partial charge in [-0.2, -0.15) is 0 Å². The van der Waals surface area contributed by atoms with Gasteiger partial charge < -0.3 is 15.0 Å². The van der Waals surface area contributed by atoms with E-state index in [1.807, 2.05) is 0 Å². The maximum Gasteiger partial charge on any atom is 0.0589 e. The molecule has 0 saturated heterocycles. The fraction of sp³-hybridized carbons (Fsp3) is 1.00. The van der Waals surface area contributed by atoms with Crippen LogP contribution < -0.4 is 5.32 Å². The minimum atomic E-state index is 0.420. The van der Waals surface area contributed by atoms with E-state index in [1.54, 1.807) is 7.11 Å². The Balaban J connectivity index is 2.68. The van der Waals surface area contributed by atoms with Gasteiger partial charge in [0, 0.05) is 32.8 Å². The van der Waals surface area contributed by atoms with E-state index in [2.05, 4.69) is 44.8 Å². The van der Waals surface area contributed by atoms with Crippen molar-refractivity contribution in [3.63, 3.8) is 0 Å². The van der Waals surface area contributed by atoms with Crippen LogP contribution in [0.3, 0.4) is 0 Å². The molecule has 0 aliphatic heterocycles. The highest BCUT2D eigenvalue weighted by molar-refractivity contribution is 4.94. The van der Waals surface area contributed by atoms with Crippen LogP contribution in [-0.4, -0.2) is 50.8 Å². The fourth-order valence-corrected chi connectivity index (χ4v) is 3.97. The van der Waals surface area contributed by atoms with E-state index in [0.717, 1.165) is 31.5 Å². The normalized spacial score (nSPS) is 25.7. The van der Waals surface area contributed by atoms with Crippen molar-refractivity contribution in [2.75, 3.05) is 39.9 Å². The molecule has 0 heterocycles. The molecule has 0 aromatic carbocycles. The van der Waals surface area contributed by atoms with Gasteiger partial charge in [-0.1, -0.05) is 41.0 Å². The van der Waals surface area contributed by atoms with Crippen LogP contribution >= 0.6 is 0 Å². The maximum atomic E-state index is 5.30. The molecule has 0 aromatic rings. The summed E-state index contributed by atoms with van der Waals surface area (Å²) in [6.07, 6.45) is 4.09. The zero-order chi connectivity index (χ0) is 15.9. The first kappa shape index (κ1) is 18.9. The summed E-state index contributed by atoms with van der Waals surface area (Å²) in [6, 6.07) is 0.647. The molecule has 0 aromatic heterocycles. The minimum absolute atomic E-state index is 0.420. The van der Waals surface area contributed by atoms with Crippen LogP contribution in [-0.2, 0) is 4.74 Å². The third-order valence-corrected chi connectivity index (χ3v) is 4.86. The van der Waals surface area contributed by atoms with Gasteiger partial charge in [0.2, 0.25) is 0 Å². The Bertz CT molecular complexity index is 278. The van der Waals surface area contributed by atoms with E-state index in [4.69, 9.17) is 4.74 Å².